The minimum atomic E-state index is -0.0701. The first-order valence-electron chi connectivity index (χ1n) is 4.99. The normalized spacial score (nSPS) is 10.3. The lowest BCUT2D eigenvalue weighted by Crippen LogP contribution is -2.33. The Kier molecular flexibility index (Phi) is 4.76. The number of nitrogens with zero attached hydrogens (tertiary/aromatic N) is 2. The molecule has 0 bridgehead atoms. The summed E-state index contributed by atoms with van der Waals surface area (Å²) in [6.45, 7) is 5.23. The van der Waals surface area contributed by atoms with Crippen molar-refractivity contribution in [2.45, 2.75) is 26.8 Å². The van der Waals surface area contributed by atoms with Crippen molar-refractivity contribution < 1.29 is 9.32 Å². The van der Waals surface area contributed by atoms with Crippen LogP contribution in [-0.2, 0) is 11.3 Å². The lowest BCUT2D eigenvalue weighted by molar-refractivity contribution is -0.120. The van der Waals surface area contributed by atoms with Gasteiger partial charge in [-0.3, -0.25) is 4.79 Å². The molecular weight excluding hydrogens is 196 g/mol. The van der Waals surface area contributed by atoms with Crippen LogP contribution in [0.1, 0.15) is 25.1 Å². The Hall–Kier alpha value is -1.43. The van der Waals surface area contributed by atoms with Gasteiger partial charge in [-0.15, -0.1) is 0 Å². The van der Waals surface area contributed by atoms with Gasteiger partial charge in [0, 0.05) is 0 Å². The van der Waals surface area contributed by atoms with Crippen LogP contribution in [-0.4, -0.2) is 29.1 Å². The predicted molar refractivity (Wildman–Crippen MR) is 54.0 cm³/mol. The standard InChI is InChI=1S/C9H16N4O2/c1-3-4-10-5-8(14)11-6-9-12-7(2)13-15-9/h10H,3-6H2,1-2H3,(H,11,14). The number of hydrogen-bond donors (Lipinski definition) is 2. The van der Waals surface area contributed by atoms with Crippen LogP contribution in [0.2, 0.25) is 0 Å². The van der Waals surface area contributed by atoms with Crippen LogP contribution in [0.4, 0.5) is 0 Å². The predicted octanol–water partition coefficient (Wildman–Crippen LogP) is -0.00618. The molecule has 6 heteroatoms. The van der Waals surface area contributed by atoms with E-state index in [2.05, 4.69) is 20.8 Å². The summed E-state index contributed by atoms with van der Waals surface area (Å²) in [5.41, 5.74) is 0. The summed E-state index contributed by atoms with van der Waals surface area (Å²) < 4.78 is 4.84. The minimum absolute atomic E-state index is 0.0701. The minimum Gasteiger partial charge on any atom is -0.346 e. The molecular formula is C9H16N4O2. The Morgan fingerprint density at radius 2 is 2.33 bits per heavy atom. The number of rotatable bonds is 6. The van der Waals surface area contributed by atoms with Gasteiger partial charge in [0.1, 0.15) is 0 Å². The summed E-state index contributed by atoms with van der Waals surface area (Å²) in [6, 6.07) is 0. The van der Waals surface area contributed by atoms with Crippen LogP contribution in [0.3, 0.4) is 0 Å². The zero-order valence-electron chi connectivity index (χ0n) is 9.04. The summed E-state index contributed by atoms with van der Waals surface area (Å²) in [6.07, 6.45) is 1.01. The quantitative estimate of drug-likeness (QED) is 0.648. The molecule has 1 aromatic rings. The number of aryl methyl sites for hydroxylation is 1. The van der Waals surface area contributed by atoms with Crippen LogP contribution >= 0.6 is 0 Å². The van der Waals surface area contributed by atoms with Crippen molar-refractivity contribution >= 4 is 5.91 Å². The fourth-order valence-corrected chi connectivity index (χ4v) is 1.03. The summed E-state index contributed by atoms with van der Waals surface area (Å²) in [7, 11) is 0. The molecule has 0 aliphatic rings. The van der Waals surface area contributed by atoms with E-state index in [1.807, 2.05) is 6.92 Å². The van der Waals surface area contributed by atoms with E-state index >= 15 is 0 Å². The fourth-order valence-electron chi connectivity index (χ4n) is 1.03. The molecule has 1 amide bonds. The third-order valence-electron chi connectivity index (χ3n) is 1.72. The Morgan fingerprint density at radius 1 is 1.53 bits per heavy atom. The number of aromatic nitrogens is 2. The highest BCUT2D eigenvalue weighted by Crippen LogP contribution is 1.93. The topological polar surface area (TPSA) is 80.0 Å². The van der Waals surface area contributed by atoms with E-state index in [1.54, 1.807) is 6.92 Å². The average molecular weight is 212 g/mol. The molecule has 0 aromatic carbocycles. The Balaban J connectivity index is 2.16. The molecule has 0 aliphatic heterocycles. The fraction of sp³-hybridized carbons (Fsp3) is 0.667. The molecule has 1 rings (SSSR count). The van der Waals surface area contributed by atoms with Gasteiger partial charge in [0.25, 0.3) is 0 Å². The number of carbonyl (C=O) groups excluding carboxylic acids is 1. The van der Waals surface area contributed by atoms with Gasteiger partial charge in [-0.1, -0.05) is 12.1 Å². The van der Waals surface area contributed by atoms with Crippen molar-refractivity contribution in [3.05, 3.63) is 11.7 Å². The molecule has 0 saturated heterocycles. The summed E-state index contributed by atoms with van der Waals surface area (Å²) in [5, 5.41) is 9.29. The maximum atomic E-state index is 11.2. The van der Waals surface area contributed by atoms with Gasteiger partial charge in [0.15, 0.2) is 5.82 Å². The maximum Gasteiger partial charge on any atom is 0.246 e. The molecule has 15 heavy (non-hydrogen) atoms. The zero-order chi connectivity index (χ0) is 11.1. The Bertz CT molecular complexity index is 311. The van der Waals surface area contributed by atoms with E-state index in [0.717, 1.165) is 13.0 Å². The van der Waals surface area contributed by atoms with Gasteiger partial charge < -0.3 is 15.2 Å². The van der Waals surface area contributed by atoms with Gasteiger partial charge >= 0.3 is 0 Å². The molecule has 1 aromatic heterocycles. The van der Waals surface area contributed by atoms with Crippen molar-refractivity contribution in [3.63, 3.8) is 0 Å². The second-order valence-corrected chi connectivity index (χ2v) is 3.19. The number of carbonyl (C=O) groups is 1. The molecule has 0 radical (unpaired) electrons. The molecule has 84 valence electrons. The van der Waals surface area contributed by atoms with Crippen molar-refractivity contribution in [2.75, 3.05) is 13.1 Å². The third-order valence-corrected chi connectivity index (χ3v) is 1.72. The first-order chi connectivity index (χ1) is 7.22. The van der Waals surface area contributed by atoms with Crippen molar-refractivity contribution in [1.82, 2.24) is 20.8 Å². The second kappa shape index (κ2) is 6.13. The zero-order valence-corrected chi connectivity index (χ0v) is 9.04. The van der Waals surface area contributed by atoms with Gasteiger partial charge in [-0.25, -0.2) is 0 Å². The van der Waals surface area contributed by atoms with Crippen LogP contribution in [0.15, 0.2) is 4.52 Å². The van der Waals surface area contributed by atoms with Crippen LogP contribution in [0, 0.1) is 6.92 Å². The van der Waals surface area contributed by atoms with Gasteiger partial charge in [-0.05, 0) is 19.9 Å². The largest absolute Gasteiger partial charge is 0.346 e. The third kappa shape index (κ3) is 4.55. The van der Waals surface area contributed by atoms with Crippen molar-refractivity contribution in [1.29, 1.82) is 0 Å². The van der Waals surface area contributed by atoms with Crippen molar-refractivity contribution in [3.8, 4) is 0 Å². The summed E-state index contributed by atoms with van der Waals surface area (Å²) in [4.78, 5) is 15.2. The molecule has 0 saturated carbocycles. The highest BCUT2D eigenvalue weighted by Gasteiger charge is 2.04. The number of hydrogen-bond acceptors (Lipinski definition) is 5. The highest BCUT2D eigenvalue weighted by atomic mass is 16.5. The average Bonchev–Trinajstić information content (AvgIpc) is 2.62. The van der Waals surface area contributed by atoms with Crippen LogP contribution in [0.5, 0.6) is 0 Å². The molecule has 0 unspecified atom stereocenters. The molecule has 0 spiro atoms. The molecule has 6 nitrogen and oxygen atoms in total. The van der Waals surface area contributed by atoms with Gasteiger partial charge in [0.05, 0.1) is 13.1 Å². The molecule has 2 N–H and O–H groups in total. The molecule has 1 heterocycles. The van der Waals surface area contributed by atoms with E-state index in [9.17, 15) is 4.79 Å². The van der Waals surface area contributed by atoms with E-state index in [0.29, 0.717) is 18.3 Å². The monoisotopic (exact) mass is 212 g/mol. The Morgan fingerprint density at radius 3 is 2.93 bits per heavy atom. The SMILES string of the molecule is CCCNCC(=O)NCc1nc(C)no1. The smallest absolute Gasteiger partial charge is 0.246 e. The summed E-state index contributed by atoms with van der Waals surface area (Å²) >= 11 is 0. The first-order valence-corrected chi connectivity index (χ1v) is 4.99. The van der Waals surface area contributed by atoms with E-state index in [4.69, 9.17) is 4.52 Å². The van der Waals surface area contributed by atoms with Gasteiger partial charge in [-0.2, -0.15) is 4.98 Å². The molecule has 0 atom stereocenters. The van der Waals surface area contributed by atoms with Crippen LogP contribution < -0.4 is 10.6 Å². The van der Waals surface area contributed by atoms with Crippen molar-refractivity contribution in [2.24, 2.45) is 0 Å². The number of nitrogens with one attached hydrogen (secondary N) is 2. The first kappa shape index (κ1) is 11.6. The van der Waals surface area contributed by atoms with Gasteiger partial charge in [0.2, 0.25) is 11.8 Å². The van der Waals surface area contributed by atoms with E-state index in [-0.39, 0.29) is 12.5 Å². The molecule has 0 fully saturated rings. The lowest BCUT2D eigenvalue weighted by Gasteiger charge is -2.02. The summed E-state index contributed by atoms with van der Waals surface area (Å²) in [5.74, 6) is 0.930. The number of amides is 1. The molecule has 0 aliphatic carbocycles. The second-order valence-electron chi connectivity index (χ2n) is 3.19. The Labute approximate surface area is 88.4 Å². The van der Waals surface area contributed by atoms with Crippen LogP contribution in [0.25, 0.3) is 0 Å². The maximum absolute atomic E-state index is 11.2. The van der Waals surface area contributed by atoms with E-state index < -0.39 is 0 Å². The van der Waals surface area contributed by atoms with E-state index in [1.165, 1.54) is 0 Å². The lowest BCUT2D eigenvalue weighted by atomic mass is 10.4. The highest BCUT2D eigenvalue weighted by molar-refractivity contribution is 5.77.